The van der Waals surface area contributed by atoms with E-state index >= 15 is 0 Å². The molecule has 96 valence electrons. The van der Waals surface area contributed by atoms with Crippen molar-refractivity contribution in [1.82, 2.24) is 15.5 Å². The lowest BCUT2D eigenvalue weighted by atomic mass is 10.2. The number of amides is 1. The van der Waals surface area contributed by atoms with Crippen molar-refractivity contribution >= 4 is 5.91 Å². The number of carbonyl (C=O) groups excluding carboxylic acids is 1. The van der Waals surface area contributed by atoms with Crippen molar-refractivity contribution in [2.24, 2.45) is 0 Å². The quantitative estimate of drug-likeness (QED) is 0.799. The van der Waals surface area contributed by atoms with Gasteiger partial charge in [-0.15, -0.1) is 0 Å². The maximum Gasteiger partial charge on any atom is 0.254 e. The first-order chi connectivity index (χ1) is 8.70. The number of carbonyl (C=O) groups is 1. The second kappa shape index (κ2) is 5.46. The van der Waals surface area contributed by atoms with Crippen LogP contribution in [0.25, 0.3) is 0 Å². The summed E-state index contributed by atoms with van der Waals surface area (Å²) in [5, 5.41) is 15.1. The number of hydrogen-bond donors (Lipinski definition) is 2. The number of hydrogen-bond acceptors (Lipinski definition) is 6. The van der Waals surface area contributed by atoms with E-state index in [-0.39, 0.29) is 18.4 Å². The highest BCUT2D eigenvalue weighted by molar-refractivity contribution is 5.94. The average Bonchev–Trinajstić information content (AvgIpc) is 2.97. The lowest BCUT2D eigenvalue weighted by Gasteiger charge is -2.01. The third-order valence-corrected chi connectivity index (χ3v) is 2.38. The van der Waals surface area contributed by atoms with Gasteiger partial charge in [-0.2, -0.15) is 4.98 Å². The van der Waals surface area contributed by atoms with Crippen molar-refractivity contribution in [1.29, 1.82) is 0 Å². The molecule has 0 saturated carbocycles. The maximum absolute atomic E-state index is 11.7. The number of nitrogens with zero attached hydrogens (tertiary/aromatic N) is 2. The summed E-state index contributed by atoms with van der Waals surface area (Å²) >= 11 is 0. The summed E-state index contributed by atoms with van der Waals surface area (Å²) in [6, 6.07) is 1.61. The van der Waals surface area contributed by atoms with Crippen LogP contribution in [0.5, 0.6) is 0 Å². The largest absolute Gasteiger partial charge is 0.469 e. The third kappa shape index (κ3) is 2.75. The Morgan fingerprint density at radius 3 is 3.00 bits per heavy atom. The molecule has 0 aromatic carbocycles. The van der Waals surface area contributed by atoms with E-state index in [9.17, 15) is 4.79 Å². The first-order valence-corrected chi connectivity index (χ1v) is 5.45. The van der Waals surface area contributed by atoms with Crippen LogP contribution in [0.3, 0.4) is 0 Å². The number of aryl methyl sites for hydroxylation is 1. The molecular weight excluding hydrogens is 238 g/mol. The fraction of sp³-hybridized carbons (Fsp3) is 0.364. The molecule has 0 atom stereocenters. The number of aliphatic hydroxyl groups excluding tert-OH is 1. The fourth-order valence-electron chi connectivity index (χ4n) is 1.46. The Hall–Kier alpha value is -2.15. The average molecular weight is 251 g/mol. The number of rotatable bonds is 5. The third-order valence-electron chi connectivity index (χ3n) is 2.38. The summed E-state index contributed by atoms with van der Waals surface area (Å²) in [7, 11) is 0. The fourth-order valence-corrected chi connectivity index (χ4v) is 1.46. The number of aliphatic hydroxyl groups is 1. The van der Waals surface area contributed by atoms with Crippen LogP contribution < -0.4 is 5.32 Å². The van der Waals surface area contributed by atoms with E-state index in [1.54, 1.807) is 13.0 Å². The van der Waals surface area contributed by atoms with Crippen LogP contribution >= 0.6 is 0 Å². The van der Waals surface area contributed by atoms with Crippen LogP contribution in [0.15, 0.2) is 21.3 Å². The van der Waals surface area contributed by atoms with Crippen LogP contribution in [0.1, 0.15) is 27.8 Å². The monoisotopic (exact) mass is 251 g/mol. The molecule has 0 aliphatic heterocycles. The van der Waals surface area contributed by atoms with Crippen molar-refractivity contribution in [3.8, 4) is 0 Å². The van der Waals surface area contributed by atoms with Gasteiger partial charge in [-0.05, 0) is 13.0 Å². The maximum atomic E-state index is 11.7. The predicted molar refractivity (Wildman–Crippen MR) is 59.7 cm³/mol. The molecule has 0 radical (unpaired) electrons. The molecule has 0 aliphatic carbocycles. The lowest BCUT2D eigenvalue weighted by Crippen LogP contribution is -2.26. The van der Waals surface area contributed by atoms with Crippen molar-refractivity contribution in [3.05, 3.63) is 35.4 Å². The Balaban J connectivity index is 1.82. The zero-order valence-corrected chi connectivity index (χ0v) is 9.84. The summed E-state index contributed by atoms with van der Waals surface area (Å²) in [6.07, 6.45) is 1.91. The molecule has 0 bridgehead atoms. The normalized spacial score (nSPS) is 10.6. The molecule has 2 aromatic rings. The predicted octanol–water partition coefficient (Wildman–Crippen LogP) is 0.436. The lowest BCUT2D eigenvalue weighted by molar-refractivity contribution is 0.0952. The first kappa shape index (κ1) is 12.3. The van der Waals surface area contributed by atoms with E-state index in [2.05, 4.69) is 15.5 Å². The topological polar surface area (TPSA) is 101 Å². The van der Waals surface area contributed by atoms with Gasteiger partial charge in [0.15, 0.2) is 5.82 Å². The molecule has 0 aliphatic rings. The van der Waals surface area contributed by atoms with Crippen LogP contribution in [0.4, 0.5) is 0 Å². The number of nitrogens with one attached hydrogen (secondary N) is 1. The van der Waals surface area contributed by atoms with Crippen LogP contribution in [-0.4, -0.2) is 27.7 Å². The first-order valence-electron chi connectivity index (χ1n) is 5.45. The van der Waals surface area contributed by atoms with Gasteiger partial charge in [0.2, 0.25) is 0 Å². The van der Waals surface area contributed by atoms with Crippen LogP contribution in [0, 0.1) is 6.92 Å². The summed E-state index contributed by atoms with van der Waals surface area (Å²) in [5.74, 6) is 0.993. The van der Waals surface area contributed by atoms with E-state index < -0.39 is 0 Å². The zero-order valence-electron chi connectivity index (χ0n) is 9.84. The Bertz CT molecular complexity index is 532. The number of furan rings is 1. The Morgan fingerprint density at radius 2 is 2.39 bits per heavy atom. The molecule has 2 aromatic heterocycles. The molecule has 0 spiro atoms. The van der Waals surface area contributed by atoms with Gasteiger partial charge in [0.1, 0.15) is 12.4 Å². The molecule has 7 heteroatoms. The summed E-state index contributed by atoms with van der Waals surface area (Å²) in [4.78, 5) is 15.6. The van der Waals surface area contributed by atoms with Gasteiger partial charge in [-0.1, -0.05) is 5.16 Å². The van der Waals surface area contributed by atoms with Gasteiger partial charge in [-0.25, -0.2) is 0 Å². The second-order valence-electron chi connectivity index (χ2n) is 3.66. The minimum absolute atomic E-state index is 0.169. The van der Waals surface area contributed by atoms with Crippen LogP contribution in [0.2, 0.25) is 0 Å². The minimum atomic E-state index is -0.284. The Kier molecular flexibility index (Phi) is 3.73. The summed E-state index contributed by atoms with van der Waals surface area (Å²) < 4.78 is 9.76. The van der Waals surface area contributed by atoms with Crippen LogP contribution in [-0.2, 0) is 13.0 Å². The Morgan fingerprint density at radius 1 is 1.56 bits per heavy atom. The molecule has 7 nitrogen and oxygen atoms in total. The van der Waals surface area contributed by atoms with Gasteiger partial charge >= 0.3 is 0 Å². The summed E-state index contributed by atoms with van der Waals surface area (Å²) in [5.41, 5.74) is 0.513. The van der Waals surface area contributed by atoms with Gasteiger partial charge in [0.25, 0.3) is 11.8 Å². The molecule has 0 saturated heterocycles. The van der Waals surface area contributed by atoms with Gasteiger partial charge in [0, 0.05) is 13.0 Å². The number of aromatic nitrogens is 2. The van der Waals surface area contributed by atoms with E-state index in [4.69, 9.17) is 14.0 Å². The molecule has 1 amide bonds. The molecule has 0 unspecified atom stereocenters. The highest BCUT2D eigenvalue weighted by atomic mass is 16.5. The van der Waals surface area contributed by atoms with Crippen molar-refractivity contribution in [3.63, 3.8) is 0 Å². The van der Waals surface area contributed by atoms with Gasteiger partial charge in [-0.3, -0.25) is 4.79 Å². The zero-order chi connectivity index (χ0) is 13.0. The van der Waals surface area contributed by atoms with E-state index in [1.807, 2.05) is 0 Å². The van der Waals surface area contributed by atoms with E-state index in [0.717, 1.165) is 0 Å². The van der Waals surface area contributed by atoms with Crippen molar-refractivity contribution in [2.75, 3.05) is 6.54 Å². The molecule has 18 heavy (non-hydrogen) atoms. The molecule has 2 N–H and O–H groups in total. The highest BCUT2D eigenvalue weighted by Crippen LogP contribution is 2.08. The highest BCUT2D eigenvalue weighted by Gasteiger charge is 2.11. The van der Waals surface area contributed by atoms with Gasteiger partial charge in [0.05, 0.1) is 11.8 Å². The molecule has 2 heterocycles. The second-order valence-corrected chi connectivity index (χ2v) is 3.66. The Labute approximate surface area is 103 Å². The smallest absolute Gasteiger partial charge is 0.254 e. The molecular formula is C11H13N3O4. The van der Waals surface area contributed by atoms with E-state index in [0.29, 0.717) is 30.1 Å². The van der Waals surface area contributed by atoms with Crippen molar-refractivity contribution in [2.45, 2.75) is 20.0 Å². The van der Waals surface area contributed by atoms with E-state index in [1.165, 1.54) is 6.26 Å². The molecule has 2 rings (SSSR count). The standard InChI is InChI=1S/C11H13N3O4/c1-7-8(3-5-17-7)11(16)12-4-2-9-13-10(6-15)18-14-9/h3,5,15H,2,4,6H2,1H3,(H,12,16). The van der Waals surface area contributed by atoms with Crippen molar-refractivity contribution < 1.29 is 18.8 Å². The SMILES string of the molecule is Cc1occc1C(=O)NCCc1noc(CO)n1. The molecule has 0 fully saturated rings. The minimum Gasteiger partial charge on any atom is -0.469 e. The summed E-state index contributed by atoms with van der Waals surface area (Å²) in [6.45, 7) is 1.82. The van der Waals surface area contributed by atoms with Gasteiger partial charge < -0.3 is 19.4 Å².